The van der Waals surface area contributed by atoms with Crippen LogP contribution < -0.4 is 10.1 Å². The molecular weight excluding hydrogens is 350 g/mol. The lowest BCUT2D eigenvalue weighted by atomic mass is 10.1. The SMILES string of the molecule is O=C(COc1ccc2ccccc2c1)NCc1ccnc(-c2cccnc2)c1. The highest BCUT2D eigenvalue weighted by molar-refractivity contribution is 5.84. The number of ether oxygens (including phenoxy) is 1. The number of fused-ring (bicyclic) bond motifs is 1. The number of nitrogens with zero attached hydrogens (tertiary/aromatic N) is 2. The zero-order valence-electron chi connectivity index (χ0n) is 15.2. The van der Waals surface area contributed by atoms with Crippen molar-refractivity contribution in [1.29, 1.82) is 0 Å². The van der Waals surface area contributed by atoms with Crippen molar-refractivity contribution in [3.05, 3.63) is 90.9 Å². The zero-order chi connectivity index (χ0) is 19.2. The molecule has 0 radical (unpaired) electrons. The summed E-state index contributed by atoms with van der Waals surface area (Å²) < 4.78 is 5.62. The van der Waals surface area contributed by atoms with Crippen LogP contribution in [0.15, 0.2) is 85.3 Å². The number of carbonyl (C=O) groups is 1. The molecule has 0 aliphatic rings. The maximum absolute atomic E-state index is 12.1. The Morgan fingerprint density at radius 3 is 2.68 bits per heavy atom. The molecule has 0 atom stereocenters. The maximum Gasteiger partial charge on any atom is 0.258 e. The number of nitrogens with one attached hydrogen (secondary N) is 1. The third-order valence-corrected chi connectivity index (χ3v) is 4.36. The lowest BCUT2D eigenvalue weighted by Crippen LogP contribution is -2.28. The first-order chi connectivity index (χ1) is 13.8. The summed E-state index contributed by atoms with van der Waals surface area (Å²) in [6.07, 6.45) is 5.22. The summed E-state index contributed by atoms with van der Waals surface area (Å²) in [5.41, 5.74) is 2.73. The Morgan fingerprint density at radius 1 is 0.929 bits per heavy atom. The fourth-order valence-electron chi connectivity index (χ4n) is 2.91. The summed E-state index contributed by atoms with van der Waals surface area (Å²) in [6, 6.07) is 21.5. The molecule has 5 heteroatoms. The zero-order valence-corrected chi connectivity index (χ0v) is 15.2. The average Bonchev–Trinajstić information content (AvgIpc) is 2.77. The van der Waals surface area contributed by atoms with Crippen LogP contribution >= 0.6 is 0 Å². The number of carbonyl (C=O) groups excluding carboxylic acids is 1. The minimum Gasteiger partial charge on any atom is -0.484 e. The van der Waals surface area contributed by atoms with E-state index in [2.05, 4.69) is 15.3 Å². The first-order valence-electron chi connectivity index (χ1n) is 9.01. The van der Waals surface area contributed by atoms with E-state index in [4.69, 9.17) is 4.74 Å². The quantitative estimate of drug-likeness (QED) is 0.558. The van der Waals surface area contributed by atoms with Crippen molar-refractivity contribution in [2.45, 2.75) is 6.54 Å². The van der Waals surface area contributed by atoms with Gasteiger partial charge in [-0.15, -0.1) is 0 Å². The normalized spacial score (nSPS) is 10.6. The smallest absolute Gasteiger partial charge is 0.258 e. The third kappa shape index (κ3) is 4.32. The molecule has 0 fully saturated rings. The fraction of sp³-hybridized carbons (Fsp3) is 0.0870. The second-order valence-corrected chi connectivity index (χ2v) is 6.37. The number of hydrogen-bond acceptors (Lipinski definition) is 4. The molecule has 28 heavy (non-hydrogen) atoms. The predicted molar refractivity (Wildman–Crippen MR) is 109 cm³/mol. The number of hydrogen-bond donors (Lipinski definition) is 1. The molecular formula is C23H19N3O2. The van der Waals surface area contributed by atoms with Gasteiger partial charge in [-0.3, -0.25) is 14.8 Å². The second kappa shape index (κ2) is 8.31. The molecule has 2 aromatic carbocycles. The molecule has 0 saturated carbocycles. The van der Waals surface area contributed by atoms with Crippen molar-refractivity contribution in [2.75, 3.05) is 6.61 Å². The van der Waals surface area contributed by atoms with Crippen LogP contribution in [0, 0.1) is 0 Å². The molecule has 0 aliphatic heterocycles. The number of aromatic nitrogens is 2. The first kappa shape index (κ1) is 17.7. The van der Waals surface area contributed by atoms with Gasteiger partial charge in [0.2, 0.25) is 0 Å². The van der Waals surface area contributed by atoms with Crippen molar-refractivity contribution in [2.24, 2.45) is 0 Å². The molecule has 5 nitrogen and oxygen atoms in total. The van der Waals surface area contributed by atoms with Gasteiger partial charge >= 0.3 is 0 Å². The minimum atomic E-state index is -0.173. The summed E-state index contributed by atoms with van der Waals surface area (Å²) >= 11 is 0. The molecule has 0 aliphatic carbocycles. The minimum absolute atomic E-state index is 0.0289. The van der Waals surface area contributed by atoms with Crippen molar-refractivity contribution in [3.63, 3.8) is 0 Å². The van der Waals surface area contributed by atoms with Crippen LogP contribution in [-0.4, -0.2) is 22.5 Å². The van der Waals surface area contributed by atoms with Crippen molar-refractivity contribution in [3.8, 4) is 17.0 Å². The summed E-state index contributed by atoms with van der Waals surface area (Å²) in [7, 11) is 0. The Balaban J connectivity index is 1.33. The molecule has 138 valence electrons. The van der Waals surface area contributed by atoms with Crippen LogP contribution in [0.3, 0.4) is 0 Å². The molecule has 0 saturated heterocycles. The highest BCUT2D eigenvalue weighted by atomic mass is 16.5. The van der Waals surface area contributed by atoms with Crippen molar-refractivity contribution in [1.82, 2.24) is 15.3 Å². The molecule has 1 N–H and O–H groups in total. The Kier molecular flexibility index (Phi) is 5.24. The van der Waals surface area contributed by atoms with Crippen molar-refractivity contribution < 1.29 is 9.53 Å². The van der Waals surface area contributed by atoms with E-state index in [1.54, 1.807) is 18.6 Å². The van der Waals surface area contributed by atoms with Gasteiger partial charge in [-0.2, -0.15) is 0 Å². The van der Waals surface area contributed by atoms with E-state index in [9.17, 15) is 4.79 Å². The molecule has 0 unspecified atom stereocenters. The van der Waals surface area contributed by atoms with Crippen molar-refractivity contribution >= 4 is 16.7 Å². The highest BCUT2D eigenvalue weighted by Crippen LogP contribution is 2.20. The van der Waals surface area contributed by atoms with Gasteiger partial charge in [0.25, 0.3) is 5.91 Å². The van der Waals surface area contributed by atoms with Crippen LogP contribution in [0.4, 0.5) is 0 Å². The lowest BCUT2D eigenvalue weighted by Gasteiger charge is -2.09. The van der Waals surface area contributed by atoms with Gasteiger partial charge in [0.05, 0.1) is 5.69 Å². The number of amides is 1. The Morgan fingerprint density at radius 2 is 1.82 bits per heavy atom. The predicted octanol–water partition coefficient (Wildman–Crippen LogP) is 3.99. The third-order valence-electron chi connectivity index (χ3n) is 4.36. The van der Waals surface area contributed by atoms with Crippen LogP contribution in [-0.2, 0) is 11.3 Å². The van der Waals surface area contributed by atoms with E-state index in [1.165, 1.54) is 0 Å². The van der Waals surface area contributed by atoms with Gasteiger partial charge < -0.3 is 10.1 Å². The average molecular weight is 369 g/mol. The lowest BCUT2D eigenvalue weighted by molar-refractivity contribution is -0.123. The Labute approximate surface area is 163 Å². The van der Waals surface area contributed by atoms with Crippen LogP contribution in [0.2, 0.25) is 0 Å². The molecule has 2 aromatic heterocycles. The van der Waals surface area contributed by atoms with Crippen LogP contribution in [0.1, 0.15) is 5.56 Å². The van der Waals surface area contributed by atoms with Crippen LogP contribution in [0.25, 0.3) is 22.0 Å². The number of rotatable bonds is 6. The topological polar surface area (TPSA) is 64.1 Å². The van der Waals surface area contributed by atoms with E-state index in [0.717, 1.165) is 27.6 Å². The second-order valence-electron chi connectivity index (χ2n) is 6.37. The van der Waals surface area contributed by atoms with Gasteiger partial charge in [0.1, 0.15) is 5.75 Å². The molecule has 1 amide bonds. The highest BCUT2D eigenvalue weighted by Gasteiger charge is 2.05. The molecule has 0 spiro atoms. The maximum atomic E-state index is 12.1. The number of pyridine rings is 2. The molecule has 4 aromatic rings. The summed E-state index contributed by atoms with van der Waals surface area (Å²) in [4.78, 5) is 20.6. The van der Waals surface area contributed by atoms with E-state index in [-0.39, 0.29) is 12.5 Å². The molecule has 4 rings (SSSR count). The monoisotopic (exact) mass is 369 g/mol. The Hall–Kier alpha value is -3.73. The standard InChI is InChI=1S/C23H19N3O2/c27-23(16-28-21-8-7-18-4-1-2-5-19(18)13-21)26-14-17-9-11-25-22(12-17)20-6-3-10-24-15-20/h1-13,15H,14,16H2,(H,26,27). The number of benzene rings is 2. The largest absolute Gasteiger partial charge is 0.484 e. The van der Waals surface area contributed by atoms with E-state index < -0.39 is 0 Å². The summed E-state index contributed by atoms with van der Waals surface area (Å²) in [5, 5.41) is 5.10. The van der Waals surface area contributed by atoms with E-state index >= 15 is 0 Å². The fourth-order valence-corrected chi connectivity index (χ4v) is 2.91. The molecule has 0 bridgehead atoms. The first-order valence-corrected chi connectivity index (χ1v) is 9.01. The summed E-state index contributed by atoms with van der Waals surface area (Å²) in [6.45, 7) is 0.384. The molecule has 2 heterocycles. The van der Waals surface area contributed by atoms with Crippen LogP contribution in [0.5, 0.6) is 5.75 Å². The van der Waals surface area contributed by atoms with Gasteiger partial charge in [-0.25, -0.2) is 0 Å². The van der Waals surface area contributed by atoms with E-state index in [0.29, 0.717) is 12.3 Å². The van der Waals surface area contributed by atoms with Gasteiger partial charge in [-0.05, 0) is 52.7 Å². The van der Waals surface area contributed by atoms with E-state index in [1.807, 2.05) is 66.7 Å². The summed E-state index contributed by atoms with van der Waals surface area (Å²) in [5.74, 6) is 0.504. The van der Waals surface area contributed by atoms with Gasteiger partial charge in [0.15, 0.2) is 6.61 Å². The van der Waals surface area contributed by atoms with Gasteiger partial charge in [-0.1, -0.05) is 30.3 Å². The van der Waals surface area contributed by atoms with Gasteiger partial charge in [0, 0.05) is 30.7 Å². The Bertz CT molecular complexity index is 1100.